The Morgan fingerprint density at radius 2 is 0.909 bits per heavy atom. The fourth-order valence-corrected chi connectivity index (χ4v) is 7.76. The van der Waals surface area contributed by atoms with Crippen molar-refractivity contribution in [2.45, 2.75) is 109 Å². The lowest BCUT2D eigenvalue weighted by Gasteiger charge is -2.40. The second-order valence-electron chi connectivity index (χ2n) is 17.3. The first-order valence-corrected chi connectivity index (χ1v) is 19.1. The molecule has 4 aromatic carbocycles. The van der Waals surface area contributed by atoms with Crippen molar-refractivity contribution in [1.82, 2.24) is 16.0 Å². The molecule has 0 saturated carbocycles. The van der Waals surface area contributed by atoms with Crippen molar-refractivity contribution in [3.8, 4) is 22.3 Å². The average Bonchev–Trinajstić information content (AvgIpc) is 3.34. The first-order valence-electron chi connectivity index (χ1n) is 19.1. The first-order chi connectivity index (χ1) is 25.9. The maximum atomic E-state index is 15.7. The second kappa shape index (κ2) is 15.0. The lowest BCUT2D eigenvalue weighted by Crippen LogP contribution is -2.70. The maximum absolute atomic E-state index is 15.7. The fraction of sp³-hybridized carbons (Fsp3) is 0.391. The quantitative estimate of drug-likeness (QED) is 0.169. The summed E-state index contributed by atoms with van der Waals surface area (Å²) < 4.78 is 11.7. The Kier molecular flexibility index (Phi) is 10.7. The zero-order chi connectivity index (χ0) is 39.8. The van der Waals surface area contributed by atoms with Crippen molar-refractivity contribution in [2.24, 2.45) is 5.92 Å². The standard InChI is InChI=1S/C46H53N3O6/c1-29(2)38(47-42(53)55-44(6,7)8)39(50)48-45(25-30-17-9-13-21-34(30)35-22-14-10-18-31(35)26-45)40(51)49-46(41(52)54-43(3,4)5)27-32-19-11-15-23-36(32)37-24-16-12-20-33(37)28-46/h9-24,29,38H,25-28H2,1-8H3,(H,47,53)(H,48,50)(H,49,51)/t38-/m0/s1. The van der Waals surface area contributed by atoms with Gasteiger partial charge in [-0.25, -0.2) is 9.59 Å². The van der Waals surface area contributed by atoms with Gasteiger partial charge in [0.2, 0.25) is 11.8 Å². The van der Waals surface area contributed by atoms with Crippen LogP contribution in [-0.4, -0.2) is 52.2 Å². The zero-order valence-corrected chi connectivity index (χ0v) is 33.2. The van der Waals surface area contributed by atoms with E-state index >= 15 is 4.79 Å². The van der Waals surface area contributed by atoms with Crippen molar-refractivity contribution >= 4 is 23.9 Å². The minimum atomic E-state index is -1.61. The molecule has 9 heteroatoms. The number of benzene rings is 4. The van der Waals surface area contributed by atoms with Gasteiger partial charge in [0.25, 0.3) is 0 Å². The number of fused-ring (bicyclic) bond motifs is 6. The Balaban J connectivity index is 1.50. The average molecular weight is 744 g/mol. The van der Waals surface area contributed by atoms with Gasteiger partial charge in [-0.1, -0.05) is 111 Å². The third-order valence-electron chi connectivity index (χ3n) is 10.2. The highest BCUT2D eigenvalue weighted by atomic mass is 16.6. The van der Waals surface area contributed by atoms with Gasteiger partial charge in [0.1, 0.15) is 28.3 Å². The zero-order valence-electron chi connectivity index (χ0n) is 33.2. The van der Waals surface area contributed by atoms with Crippen LogP contribution in [-0.2, 0) is 49.5 Å². The normalized spacial score (nSPS) is 16.0. The lowest BCUT2D eigenvalue weighted by atomic mass is 9.81. The van der Waals surface area contributed by atoms with Gasteiger partial charge in [0, 0.05) is 25.7 Å². The van der Waals surface area contributed by atoms with E-state index in [4.69, 9.17) is 9.47 Å². The van der Waals surface area contributed by atoms with Gasteiger partial charge in [0.05, 0.1) is 0 Å². The van der Waals surface area contributed by atoms with E-state index in [-0.39, 0.29) is 31.6 Å². The van der Waals surface area contributed by atoms with Crippen LogP contribution in [0.2, 0.25) is 0 Å². The molecule has 0 aromatic heterocycles. The SMILES string of the molecule is CC(C)[C@H](NC(=O)OC(C)(C)C)C(=O)NC1(C(=O)NC2(C(=O)OC(C)(C)C)Cc3ccccc3-c3ccccc3C2)Cc2ccccc2-c2ccccc2C1. The van der Waals surface area contributed by atoms with Crippen molar-refractivity contribution < 1.29 is 28.7 Å². The van der Waals surface area contributed by atoms with Gasteiger partial charge in [0.15, 0.2) is 0 Å². The minimum absolute atomic E-state index is 0.115. The highest BCUT2D eigenvalue weighted by molar-refractivity contribution is 5.99. The van der Waals surface area contributed by atoms with Crippen LogP contribution >= 0.6 is 0 Å². The van der Waals surface area contributed by atoms with Crippen molar-refractivity contribution in [3.05, 3.63) is 119 Å². The number of hydrogen-bond donors (Lipinski definition) is 3. The molecule has 0 aliphatic heterocycles. The number of nitrogens with one attached hydrogen (secondary N) is 3. The summed E-state index contributed by atoms with van der Waals surface area (Å²) in [5.41, 5.74) is 2.53. The Morgan fingerprint density at radius 1 is 0.545 bits per heavy atom. The predicted molar refractivity (Wildman–Crippen MR) is 214 cm³/mol. The summed E-state index contributed by atoms with van der Waals surface area (Å²) in [6, 6.07) is 30.5. The number of ether oxygens (including phenoxy) is 2. The highest BCUT2D eigenvalue weighted by Gasteiger charge is 2.51. The van der Waals surface area contributed by atoms with Crippen LogP contribution in [0.4, 0.5) is 4.79 Å². The minimum Gasteiger partial charge on any atom is -0.458 e. The molecule has 9 nitrogen and oxygen atoms in total. The highest BCUT2D eigenvalue weighted by Crippen LogP contribution is 2.40. The third kappa shape index (κ3) is 8.61. The van der Waals surface area contributed by atoms with E-state index in [1.807, 2.05) is 132 Å². The van der Waals surface area contributed by atoms with E-state index in [1.54, 1.807) is 20.8 Å². The third-order valence-corrected chi connectivity index (χ3v) is 10.2. The summed E-state index contributed by atoms with van der Waals surface area (Å²) in [6.45, 7) is 14.3. The largest absolute Gasteiger partial charge is 0.458 e. The molecule has 0 bridgehead atoms. The lowest BCUT2D eigenvalue weighted by molar-refractivity contribution is -0.165. The predicted octanol–water partition coefficient (Wildman–Crippen LogP) is 7.52. The van der Waals surface area contributed by atoms with E-state index in [0.717, 1.165) is 44.5 Å². The van der Waals surface area contributed by atoms with Gasteiger partial charge in [-0.15, -0.1) is 0 Å². The van der Waals surface area contributed by atoms with Crippen LogP contribution in [0.15, 0.2) is 97.1 Å². The molecule has 0 radical (unpaired) electrons. The Labute approximate surface area is 324 Å². The molecule has 3 N–H and O–H groups in total. The van der Waals surface area contributed by atoms with Gasteiger partial charge in [-0.05, 0) is 92.0 Å². The Hall–Kier alpha value is -5.44. The van der Waals surface area contributed by atoms with Gasteiger partial charge < -0.3 is 25.4 Å². The van der Waals surface area contributed by atoms with Gasteiger partial charge in [-0.3, -0.25) is 9.59 Å². The topological polar surface area (TPSA) is 123 Å². The number of hydrogen-bond acceptors (Lipinski definition) is 6. The van der Waals surface area contributed by atoms with Gasteiger partial charge >= 0.3 is 12.1 Å². The maximum Gasteiger partial charge on any atom is 0.408 e. The molecule has 288 valence electrons. The molecular formula is C46H53N3O6. The second-order valence-corrected chi connectivity index (χ2v) is 17.3. The number of rotatable bonds is 7. The number of carbonyl (C=O) groups excluding carboxylic acids is 4. The number of alkyl carbamates (subject to hydrolysis) is 1. The summed E-state index contributed by atoms with van der Waals surface area (Å²) >= 11 is 0. The van der Waals surface area contributed by atoms with Crippen molar-refractivity contribution in [3.63, 3.8) is 0 Å². The molecule has 2 aliphatic carbocycles. The fourth-order valence-electron chi connectivity index (χ4n) is 7.76. The van der Waals surface area contributed by atoms with Crippen LogP contribution in [0, 0.1) is 5.92 Å². The van der Waals surface area contributed by atoms with E-state index in [1.165, 1.54) is 0 Å². The molecule has 0 heterocycles. The molecule has 55 heavy (non-hydrogen) atoms. The van der Waals surface area contributed by atoms with Gasteiger partial charge in [-0.2, -0.15) is 0 Å². The van der Waals surface area contributed by atoms with Crippen LogP contribution < -0.4 is 16.0 Å². The summed E-state index contributed by atoms with van der Waals surface area (Å²) in [5.74, 6) is -2.01. The van der Waals surface area contributed by atoms with Crippen LogP contribution in [0.25, 0.3) is 22.3 Å². The first kappa shape index (κ1) is 39.3. The monoisotopic (exact) mass is 743 g/mol. The molecule has 0 spiro atoms. The molecule has 1 atom stereocenters. The molecule has 0 fully saturated rings. The summed E-state index contributed by atoms with van der Waals surface area (Å²) in [7, 11) is 0. The van der Waals surface area contributed by atoms with E-state index in [0.29, 0.717) is 0 Å². The van der Waals surface area contributed by atoms with Crippen LogP contribution in [0.5, 0.6) is 0 Å². The van der Waals surface area contributed by atoms with Crippen molar-refractivity contribution in [2.75, 3.05) is 0 Å². The summed E-state index contributed by atoms with van der Waals surface area (Å²) in [6.07, 6.45) is -0.195. The van der Waals surface area contributed by atoms with E-state index in [9.17, 15) is 14.4 Å². The van der Waals surface area contributed by atoms with Crippen LogP contribution in [0.3, 0.4) is 0 Å². The molecule has 2 aliphatic rings. The summed E-state index contributed by atoms with van der Waals surface area (Å²) in [4.78, 5) is 58.1. The molecule has 0 saturated heterocycles. The number of amides is 3. The number of esters is 1. The molecule has 6 rings (SSSR count). The van der Waals surface area contributed by atoms with Crippen molar-refractivity contribution in [1.29, 1.82) is 0 Å². The Morgan fingerprint density at radius 3 is 1.27 bits per heavy atom. The molecule has 4 aromatic rings. The smallest absolute Gasteiger partial charge is 0.408 e. The molecule has 0 unspecified atom stereocenters. The van der Waals surface area contributed by atoms with Crippen LogP contribution in [0.1, 0.15) is 77.6 Å². The van der Waals surface area contributed by atoms with E-state index in [2.05, 4.69) is 16.0 Å². The molecular weight excluding hydrogens is 691 g/mol. The molecule has 3 amide bonds. The number of carbonyl (C=O) groups is 4. The van der Waals surface area contributed by atoms with E-state index < -0.39 is 52.2 Å². The Bertz CT molecular complexity index is 2010. The summed E-state index contributed by atoms with van der Waals surface area (Å²) in [5, 5.41) is 9.22.